The molecule has 5 rings (SSSR count). The van der Waals surface area contributed by atoms with E-state index in [9.17, 15) is 4.79 Å². The molecule has 150 valence electrons. The van der Waals surface area contributed by atoms with E-state index in [0.717, 1.165) is 16.8 Å². The van der Waals surface area contributed by atoms with E-state index < -0.39 is 0 Å². The van der Waals surface area contributed by atoms with E-state index in [4.69, 9.17) is 4.98 Å². The summed E-state index contributed by atoms with van der Waals surface area (Å²) >= 11 is 0. The molecule has 2 heterocycles. The zero-order valence-corrected chi connectivity index (χ0v) is 17.1. The zero-order valence-electron chi connectivity index (χ0n) is 17.1. The quantitative estimate of drug-likeness (QED) is 0.387. The van der Waals surface area contributed by atoms with Gasteiger partial charge in [-0.05, 0) is 42.3 Å². The summed E-state index contributed by atoms with van der Waals surface area (Å²) in [6.45, 7) is 2.00. The second-order valence-electron chi connectivity index (χ2n) is 7.54. The van der Waals surface area contributed by atoms with Crippen molar-refractivity contribution in [3.05, 3.63) is 115 Å². The number of aryl methyl sites for hydroxylation is 1. The molecule has 31 heavy (non-hydrogen) atoms. The van der Waals surface area contributed by atoms with E-state index in [-0.39, 0.29) is 5.91 Å². The number of rotatable bonds is 4. The maximum absolute atomic E-state index is 12.7. The minimum atomic E-state index is -0.148. The van der Waals surface area contributed by atoms with Gasteiger partial charge in [-0.25, -0.2) is 4.98 Å². The lowest BCUT2D eigenvalue weighted by atomic mass is 10.0. The summed E-state index contributed by atoms with van der Waals surface area (Å²) in [4.78, 5) is 17.5. The molecule has 0 unspecified atom stereocenters. The van der Waals surface area contributed by atoms with Crippen molar-refractivity contribution in [2.45, 2.75) is 6.92 Å². The highest BCUT2D eigenvalue weighted by atomic mass is 16.1. The van der Waals surface area contributed by atoms with Crippen LogP contribution >= 0.6 is 0 Å². The van der Waals surface area contributed by atoms with Crippen molar-refractivity contribution >= 4 is 17.2 Å². The zero-order chi connectivity index (χ0) is 21.2. The normalized spacial score (nSPS) is 10.9. The Morgan fingerprint density at radius 1 is 0.774 bits per heavy atom. The highest BCUT2D eigenvalue weighted by molar-refractivity contribution is 6.06. The van der Waals surface area contributed by atoms with Crippen molar-refractivity contribution in [1.29, 1.82) is 0 Å². The number of carbonyl (C=O) groups excluding carboxylic acids is 1. The first kappa shape index (κ1) is 18.8. The predicted molar refractivity (Wildman–Crippen MR) is 125 cm³/mol. The molecule has 0 aliphatic carbocycles. The Labute approximate surface area is 180 Å². The highest BCUT2D eigenvalue weighted by Gasteiger charge is 2.12. The number of nitrogens with zero attached hydrogens (tertiary/aromatic N) is 2. The third kappa shape index (κ3) is 3.83. The number of imidazole rings is 1. The number of fused-ring (bicyclic) bond motifs is 1. The van der Waals surface area contributed by atoms with Crippen molar-refractivity contribution in [1.82, 2.24) is 9.38 Å². The Morgan fingerprint density at radius 2 is 1.45 bits per heavy atom. The van der Waals surface area contributed by atoms with Crippen molar-refractivity contribution < 1.29 is 4.79 Å². The van der Waals surface area contributed by atoms with Gasteiger partial charge in [0.2, 0.25) is 0 Å². The first-order valence-electron chi connectivity index (χ1n) is 10.2. The van der Waals surface area contributed by atoms with Gasteiger partial charge in [-0.15, -0.1) is 0 Å². The molecule has 3 aromatic carbocycles. The lowest BCUT2D eigenvalue weighted by molar-refractivity contribution is 0.102. The molecule has 4 nitrogen and oxygen atoms in total. The van der Waals surface area contributed by atoms with Gasteiger partial charge in [0, 0.05) is 23.5 Å². The molecule has 2 aromatic heterocycles. The number of pyridine rings is 1. The first-order valence-corrected chi connectivity index (χ1v) is 10.2. The van der Waals surface area contributed by atoms with E-state index in [1.54, 1.807) is 0 Å². The van der Waals surface area contributed by atoms with Crippen molar-refractivity contribution in [3.63, 3.8) is 0 Å². The second kappa shape index (κ2) is 7.92. The maximum atomic E-state index is 12.7. The molecular formula is C27H21N3O. The second-order valence-corrected chi connectivity index (χ2v) is 7.54. The summed E-state index contributed by atoms with van der Waals surface area (Å²) in [6.07, 6.45) is 3.92. The molecular weight excluding hydrogens is 382 g/mol. The van der Waals surface area contributed by atoms with E-state index in [0.29, 0.717) is 16.9 Å². The maximum Gasteiger partial charge on any atom is 0.255 e. The number of anilines is 1. The number of hydrogen-bond donors (Lipinski definition) is 1. The van der Waals surface area contributed by atoms with Crippen LogP contribution < -0.4 is 5.32 Å². The number of nitrogens with one attached hydrogen (secondary N) is 1. The molecule has 4 heteroatoms. The first-order chi connectivity index (χ1) is 15.2. The fourth-order valence-electron chi connectivity index (χ4n) is 3.61. The number of amides is 1. The largest absolute Gasteiger partial charge is 0.319 e. The summed E-state index contributed by atoms with van der Waals surface area (Å²) in [5, 5.41) is 2.99. The van der Waals surface area contributed by atoms with E-state index in [2.05, 4.69) is 41.7 Å². The van der Waals surface area contributed by atoms with E-state index >= 15 is 0 Å². The molecule has 0 radical (unpaired) electrons. The van der Waals surface area contributed by atoms with Crippen LogP contribution in [0.1, 0.15) is 15.9 Å². The van der Waals surface area contributed by atoms with E-state index in [1.165, 1.54) is 11.1 Å². The van der Waals surface area contributed by atoms with E-state index in [1.807, 2.05) is 78.3 Å². The van der Waals surface area contributed by atoms with Gasteiger partial charge in [-0.1, -0.05) is 72.3 Å². The molecule has 0 saturated heterocycles. The molecule has 1 N–H and O–H groups in total. The lowest BCUT2D eigenvalue weighted by Crippen LogP contribution is -2.12. The summed E-state index contributed by atoms with van der Waals surface area (Å²) < 4.78 is 1.94. The van der Waals surface area contributed by atoms with Crippen LogP contribution in [0, 0.1) is 6.92 Å². The van der Waals surface area contributed by atoms with Crippen molar-refractivity contribution in [3.8, 4) is 22.4 Å². The van der Waals surface area contributed by atoms with Gasteiger partial charge in [-0.2, -0.15) is 0 Å². The number of hydrogen-bond acceptors (Lipinski definition) is 2. The van der Waals surface area contributed by atoms with Crippen LogP contribution in [0.25, 0.3) is 28.0 Å². The molecule has 0 atom stereocenters. The van der Waals surface area contributed by atoms with Gasteiger partial charge in [0.05, 0.1) is 11.4 Å². The molecule has 1 amide bonds. The minimum absolute atomic E-state index is 0.148. The number of aromatic nitrogens is 2. The summed E-state index contributed by atoms with van der Waals surface area (Å²) in [6, 6.07) is 30.0. The predicted octanol–water partition coefficient (Wildman–Crippen LogP) is 6.23. The van der Waals surface area contributed by atoms with Gasteiger partial charge < -0.3 is 9.72 Å². The topological polar surface area (TPSA) is 46.4 Å². The van der Waals surface area contributed by atoms with Crippen LogP contribution in [-0.4, -0.2) is 15.3 Å². The standard InChI is InChI=1S/C27H21N3O/c1-19-9-11-23(12-10-19)27(31)29-24-8-5-17-30-18-25(28-26(24)30)22-15-13-21(14-16-22)20-6-3-2-4-7-20/h2-18H,1H3,(H,29,31). The van der Waals surface area contributed by atoms with Crippen LogP contribution in [0.4, 0.5) is 5.69 Å². The van der Waals surface area contributed by atoms with Crippen LogP contribution in [-0.2, 0) is 0 Å². The monoisotopic (exact) mass is 403 g/mol. The highest BCUT2D eigenvalue weighted by Crippen LogP contribution is 2.26. The molecule has 0 bridgehead atoms. The number of benzene rings is 3. The Bertz CT molecular complexity index is 1350. The third-order valence-electron chi connectivity index (χ3n) is 5.33. The van der Waals surface area contributed by atoms with Crippen LogP contribution in [0.3, 0.4) is 0 Å². The van der Waals surface area contributed by atoms with Gasteiger partial charge in [0.25, 0.3) is 5.91 Å². The molecule has 0 spiro atoms. The smallest absolute Gasteiger partial charge is 0.255 e. The van der Waals surface area contributed by atoms with Crippen LogP contribution in [0.15, 0.2) is 103 Å². The van der Waals surface area contributed by atoms with Gasteiger partial charge in [0.15, 0.2) is 5.65 Å². The van der Waals surface area contributed by atoms with Crippen LogP contribution in [0.5, 0.6) is 0 Å². The minimum Gasteiger partial charge on any atom is -0.319 e. The van der Waals surface area contributed by atoms with Gasteiger partial charge >= 0.3 is 0 Å². The summed E-state index contributed by atoms with van der Waals surface area (Å²) in [7, 11) is 0. The SMILES string of the molecule is Cc1ccc(C(=O)Nc2cccn3cc(-c4ccc(-c5ccccc5)cc4)nc23)cc1. The lowest BCUT2D eigenvalue weighted by Gasteiger charge is -2.06. The average molecular weight is 403 g/mol. The van der Waals surface area contributed by atoms with Crippen molar-refractivity contribution in [2.24, 2.45) is 0 Å². The van der Waals surface area contributed by atoms with Crippen LogP contribution in [0.2, 0.25) is 0 Å². The average Bonchev–Trinajstić information content (AvgIpc) is 3.26. The third-order valence-corrected chi connectivity index (χ3v) is 5.33. The summed E-state index contributed by atoms with van der Waals surface area (Å²) in [5.41, 5.74) is 7.37. The number of carbonyl (C=O) groups is 1. The Hall–Kier alpha value is -4.18. The molecule has 0 aliphatic heterocycles. The Balaban J connectivity index is 1.44. The Morgan fingerprint density at radius 3 is 2.19 bits per heavy atom. The van der Waals surface area contributed by atoms with Gasteiger partial charge in [0.1, 0.15) is 0 Å². The molecule has 5 aromatic rings. The molecule has 0 fully saturated rings. The molecule has 0 aliphatic rings. The van der Waals surface area contributed by atoms with Gasteiger partial charge in [-0.3, -0.25) is 4.79 Å². The fourth-order valence-corrected chi connectivity index (χ4v) is 3.61. The summed E-state index contributed by atoms with van der Waals surface area (Å²) in [5.74, 6) is -0.148. The Kier molecular flexibility index (Phi) is 4.81. The fraction of sp³-hybridized carbons (Fsp3) is 0.0370. The molecule has 0 saturated carbocycles. The van der Waals surface area contributed by atoms with Crippen molar-refractivity contribution in [2.75, 3.05) is 5.32 Å².